The van der Waals surface area contributed by atoms with E-state index in [2.05, 4.69) is 34.4 Å². The van der Waals surface area contributed by atoms with Gasteiger partial charge in [0.1, 0.15) is 0 Å². The van der Waals surface area contributed by atoms with E-state index in [0.29, 0.717) is 18.9 Å². The number of nitrogens with zero attached hydrogens (tertiary/aromatic N) is 3. The Labute approximate surface area is 156 Å². The van der Waals surface area contributed by atoms with Gasteiger partial charge in [0.2, 0.25) is 5.91 Å². The Morgan fingerprint density at radius 2 is 2.08 bits per heavy atom. The largest absolute Gasteiger partial charge is 0.355 e. The van der Waals surface area contributed by atoms with Gasteiger partial charge in [-0.1, -0.05) is 36.8 Å². The van der Waals surface area contributed by atoms with E-state index in [0.717, 1.165) is 36.5 Å². The maximum Gasteiger partial charge on any atom is 0.220 e. The fourth-order valence-corrected chi connectivity index (χ4v) is 3.72. The zero-order chi connectivity index (χ0) is 18.4. The van der Waals surface area contributed by atoms with Crippen molar-refractivity contribution in [1.29, 1.82) is 0 Å². The molecule has 1 atom stereocenters. The highest BCUT2D eigenvalue weighted by Crippen LogP contribution is 2.22. The summed E-state index contributed by atoms with van der Waals surface area (Å²) in [4.78, 5) is 14.7. The van der Waals surface area contributed by atoms with E-state index in [1.165, 1.54) is 19.3 Å². The van der Waals surface area contributed by atoms with Crippen LogP contribution < -0.4 is 5.32 Å². The number of rotatable bonds is 7. The van der Waals surface area contributed by atoms with Gasteiger partial charge in [-0.2, -0.15) is 5.10 Å². The third kappa shape index (κ3) is 4.94. The number of aromatic nitrogens is 2. The van der Waals surface area contributed by atoms with Gasteiger partial charge in [0.25, 0.3) is 0 Å². The summed E-state index contributed by atoms with van der Waals surface area (Å²) >= 11 is 0. The fourth-order valence-electron chi connectivity index (χ4n) is 3.72. The van der Waals surface area contributed by atoms with Crippen molar-refractivity contribution >= 4 is 5.91 Å². The summed E-state index contributed by atoms with van der Waals surface area (Å²) in [6.45, 7) is 5.14. The van der Waals surface area contributed by atoms with Crippen LogP contribution >= 0.6 is 0 Å². The lowest BCUT2D eigenvalue weighted by Gasteiger charge is -2.33. The molecule has 2 aromatic rings. The number of amides is 1. The van der Waals surface area contributed by atoms with E-state index in [1.807, 2.05) is 36.1 Å². The summed E-state index contributed by atoms with van der Waals surface area (Å²) in [6, 6.07) is 10.8. The molecule has 140 valence electrons. The van der Waals surface area contributed by atoms with Crippen molar-refractivity contribution in [2.75, 3.05) is 19.6 Å². The molecule has 26 heavy (non-hydrogen) atoms. The van der Waals surface area contributed by atoms with Gasteiger partial charge < -0.3 is 5.32 Å². The fraction of sp³-hybridized carbons (Fsp3) is 0.524. The van der Waals surface area contributed by atoms with E-state index in [1.54, 1.807) is 0 Å². The van der Waals surface area contributed by atoms with Crippen LogP contribution in [0.4, 0.5) is 0 Å². The number of piperidine rings is 1. The lowest BCUT2D eigenvalue weighted by molar-refractivity contribution is -0.121. The molecule has 1 aliphatic heterocycles. The molecule has 0 bridgehead atoms. The third-order valence-electron chi connectivity index (χ3n) is 5.23. The lowest BCUT2D eigenvalue weighted by atomic mass is 10.0. The molecule has 1 unspecified atom stereocenters. The van der Waals surface area contributed by atoms with Crippen molar-refractivity contribution in [3.8, 4) is 11.3 Å². The number of hydrogen-bond acceptors (Lipinski definition) is 3. The van der Waals surface area contributed by atoms with Crippen LogP contribution in [0.15, 0.2) is 36.5 Å². The van der Waals surface area contributed by atoms with Gasteiger partial charge in [0.05, 0.1) is 5.69 Å². The van der Waals surface area contributed by atoms with E-state index in [-0.39, 0.29) is 5.91 Å². The molecule has 1 saturated heterocycles. The Kier molecular flexibility index (Phi) is 6.45. The van der Waals surface area contributed by atoms with Crippen LogP contribution in [0.3, 0.4) is 0 Å². The molecule has 0 aliphatic carbocycles. The van der Waals surface area contributed by atoms with Gasteiger partial charge in [-0.25, -0.2) is 0 Å². The first-order valence-electron chi connectivity index (χ1n) is 9.72. The van der Waals surface area contributed by atoms with Gasteiger partial charge in [-0.15, -0.1) is 0 Å². The maximum atomic E-state index is 12.2. The predicted molar refractivity (Wildman–Crippen MR) is 105 cm³/mol. The Morgan fingerprint density at radius 3 is 2.85 bits per heavy atom. The second kappa shape index (κ2) is 8.99. The standard InChI is InChI=1S/C21H30N4O/c1-17-8-6-7-14-25(17)15-13-22-20(26)12-11-19-16-24(2)23-21(19)18-9-4-3-5-10-18/h3-5,9-10,16-17H,6-8,11-15H2,1-2H3,(H,22,26). The molecule has 1 aliphatic rings. The Hall–Kier alpha value is -2.14. The van der Waals surface area contributed by atoms with Gasteiger partial charge >= 0.3 is 0 Å². The van der Waals surface area contributed by atoms with E-state index < -0.39 is 0 Å². The van der Waals surface area contributed by atoms with Crippen LogP contribution in [0, 0.1) is 0 Å². The number of hydrogen-bond donors (Lipinski definition) is 1. The van der Waals surface area contributed by atoms with Crippen LogP contribution in [0.5, 0.6) is 0 Å². The van der Waals surface area contributed by atoms with Crippen molar-refractivity contribution in [3.05, 3.63) is 42.1 Å². The maximum absolute atomic E-state index is 12.2. The molecule has 1 aromatic carbocycles. The molecule has 1 amide bonds. The van der Waals surface area contributed by atoms with Crippen molar-refractivity contribution < 1.29 is 4.79 Å². The average Bonchev–Trinajstić information content (AvgIpc) is 3.03. The van der Waals surface area contributed by atoms with Crippen LogP contribution in [-0.4, -0.2) is 46.3 Å². The SMILES string of the molecule is CC1CCCCN1CCNC(=O)CCc1cn(C)nc1-c1ccccc1. The number of aryl methyl sites for hydroxylation is 2. The van der Waals surface area contributed by atoms with Gasteiger partial charge in [0, 0.05) is 44.4 Å². The average molecular weight is 354 g/mol. The highest BCUT2D eigenvalue weighted by Gasteiger charge is 2.17. The van der Waals surface area contributed by atoms with E-state index in [9.17, 15) is 4.79 Å². The summed E-state index contributed by atoms with van der Waals surface area (Å²) in [5, 5.41) is 7.65. The summed E-state index contributed by atoms with van der Waals surface area (Å²) in [5.74, 6) is 0.123. The molecule has 1 fully saturated rings. The molecule has 0 radical (unpaired) electrons. The molecule has 1 N–H and O–H groups in total. The molecular formula is C21H30N4O. The number of carbonyl (C=O) groups is 1. The normalized spacial score (nSPS) is 18.0. The second-order valence-corrected chi connectivity index (χ2v) is 7.27. The molecule has 0 spiro atoms. The van der Waals surface area contributed by atoms with Crippen LogP contribution in [0.25, 0.3) is 11.3 Å². The van der Waals surface area contributed by atoms with Crippen molar-refractivity contribution in [2.45, 2.75) is 45.1 Å². The highest BCUT2D eigenvalue weighted by atomic mass is 16.1. The van der Waals surface area contributed by atoms with Crippen LogP contribution in [-0.2, 0) is 18.3 Å². The number of likely N-dealkylation sites (tertiary alicyclic amines) is 1. The molecule has 5 nitrogen and oxygen atoms in total. The minimum Gasteiger partial charge on any atom is -0.355 e. The smallest absolute Gasteiger partial charge is 0.220 e. The first-order valence-corrected chi connectivity index (χ1v) is 9.72. The van der Waals surface area contributed by atoms with E-state index >= 15 is 0 Å². The van der Waals surface area contributed by atoms with Gasteiger partial charge in [0.15, 0.2) is 0 Å². The number of carbonyl (C=O) groups excluding carboxylic acids is 1. The predicted octanol–water partition coefficient (Wildman–Crippen LogP) is 3.01. The topological polar surface area (TPSA) is 50.2 Å². The van der Waals surface area contributed by atoms with Crippen molar-refractivity contribution in [1.82, 2.24) is 20.0 Å². The zero-order valence-corrected chi connectivity index (χ0v) is 15.9. The Bertz CT molecular complexity index is 710. The summed E-state index contributed by atoms with van der Waals surface area (Å²) < 4.78 is 1.83. The summed E-state index contributed by atoms with van der Waals surface area (Å²) in [7, 11) is 1.93. The minimum atomic E-state index is 0.123. The Balaban J connectivity index is 1.47. The van der Waals surface area contributed by atoms with Crippen LogP contribution in [0.1, 0.15) is 38.2 Å². The van der Waals surface area contributed by atoms with Crippen LogP contribution in [0.2, 0.25) is 0 Å². The first-order chi connectivity index (χ1) is 12.6. The second-order valence-electron chi connectivity index (χ2n) is 7.27. The molecule has 2 heterocycles. The zero-order valence-electron chi connectivity index (χ0n) is 15.9. The molecule has 3 rings (SSSR count). The van der Waals surface area contributed by atoms with Crippen molar-refractivity contribution in [2.24, 2.45) is 7.05 Å². The Morgan fingerprint density at radius 1 is 1.27 bits per heavy atom. The van der Waals surface area contributed by atoms with Gasteiger partial charge in [-0.05, 0) is 38.3 Å². The molecule has 0 saturated carbocycles. The highest BCUT2D eigenvalue weighted by molar-refractivity contribution is 5.76. The monoisotopic (exact) mass is 354 g/mol. The number of benzene rings is 1. The summed E-state index contributed by atoms with van der Waals surface area (Å²) in [5.41, 5.74) is 3.20. The summed E-state index contributed by atoms with van der Waals surface area (Å²) in [6.07, 6.45) is 7.12. The first kappa shape index (κ1) is 18.6. The van der Waals surface area contributed by atoms with Crippen molar-refractivity contribution in [3.63, 3.8) is 0 Å². The number of nitrogens with one attached hydrogen (secondary N) is 1. The quantitative estimate of drug-likeness (QED) is 0.831. The third-order valence-corrected chi connectivity index (χ3v) is 5.23. The van der Waals surface area contributed by atoms with E-state index in [4.69, 9.17) is 0 Å². The molecule has 1 aromatic heterocycles. The van der Waals surface area contributed by atoms with Gasteiger partial charge in [-0.3, -0.25) is 14.4 Å². The lowest BCUT2D eigenvalue weighted by Crippen LogP contribution is -2.42. The molecule has 5 heteroatoms. The minimum absolute atomic E-state index is 0.123. The molecular weight excluding hydrogens is 324 g/mol.